The Morgan fingerprint density at radius 1 is 1.29 bits per heavy atom. The van der Waals surface area contributed by atoms with E-state index in [1.165, 1.54) is 12.8 Å². The molecule has 2 heterocycles. The smallest absolute Gasteiger partial charge is 0.254 e. The summed E-state index contributed by atoms with van der Waals surface area (Å²) in [4.78, 5) is 30.0. The van der Waals surface area contributed by atoms with Crippen molar-refractivity contribution in [1.29, 1.82) is 0 Å². The van der Waals surface area contributed by atoms with Gasteiger partial charge in [0.2, 0.25) is 11.7 Å². The number of carbonyl (C=O) groups is 2. The van der Waals surface area contributed by atoms with Crippen LogP contribution in [0.2, 0.25) is 0 Å². The van der Waals surface area contributed by atoms with E-state index in [9.17, 15) is 9.59 Å². The average Bonchev–Trinajstić information content (AvgIpc) is 3.39. The molecule has 8 heteroatoms. The van der Waals surface area contributed by atoms with Gasteiger partial charge < -0.3 is 9.80 Å². The number of H-pyrrole nitrogens is 1. The highest BCUT2D eigenvalue weighted by atomic mass is 16.2. The summed E-state index contributed by atoms with van der Waals surface area (Å²) in [7, 11) is 0. The minimum Gasteiger partial charge on any atom is -0.337 e. The van der Waals surface area contributed by atoms with Crippen molar-refractivity contribution in [2.45, 2.75) is 39.2 Å². The molecule has 1 aliphatic heterocycles. The minimum absolute atomic E-state index is 0.0388. The first-order valence-electron chi connectivity index (χ1n) is 9.96. The van der Waals surface area contributed by atoms with E-state index in [1.807, 2.05) is 28.0 Å². The van der Waals surface area contributed by atoms with Crippen LogP contribution in [0.15, 0.2) is 24.3 Å². The molecule has 1 unspecified atom stereocenters. The van der Waals surface area contributed by atoms with Crippen LogP contribution in [0, 0.1) is 11.8 Å². The summed E-state index contributed by atoms with van der Waals surface area (Å²) in [5.74, 6) is 1.38. The van der Waals surface area contributed by atoms with E-state index in [-0.39, 0.29) is 23.8 Å². The Morgan fingerprint density at radius 3 is 2.75 bits per heavy atom. The van der Waals surface area contributed by atoms with Crippen LogP contribution in [0.1, 0.15) is 43.5 Å². The first-order valence-corrected chi connectivity index (χ1v) is 9.96. The molecule has 0 bridgehead atoms. The Hall–Kier alpha value is -2.77. The highest BCUT2D eigenvalue weighted by Gasteiger charge is 2.37. The minimum atomic E-state index is -0.0906. The standard InChI is InChI=1S/C20H26N6O2/c1-13(2)17-12-25(10-9-18(27)26(17)11-14-7-8-14)20(28)16-6-4-3-5-15(16)19-21-23-24-22-19/h3-6,13-14,17H,7-12H2,1-2H3,(H,21,22,23,24). The van der Waals surface area contributed by atoms with Gasteiger partial charge >= 0.3 is 0 Å². The molecule has 4 rings (SSSR count). The number of amides is 2. The molecular formula is C20H26N6O2. The summed E-state index contributed by atoms with van der Waals surface area (Å²) in [6.45, 7) is 6.06. The summed E-state index contributed by atoms with van der Waals surface area (Å²) in [5.41, 5.74) is 1.18. The summed E-state index contributed by atoms with van der Waals surface area (Å²) < 4.78 is 0. The molecule has 8 nitrogen and oxygen atoms in total. The molecule has 1 N–H and O–H groups in total. The second kappa shape index (κ2) is 7.69. The van der Waals surface area contributed by atoms with Crippen LogP contribution in [0.3, 0.4) is 0 Å². The Bertz CT molecular complexity index is 846. The molecule has 1 saturated heterocycles. The number of rotatable bonds is 5. The quantitative estimate of drug-likeness (QED) is 0.853. The third-order valence-electron chi connectivity index (χ3n) is 5.68. The van der Waals surface area contributed by atoms with E-state index in [0.29, 0.717) is 42.4 Å². The fourth-order valence-electron chi connectivity index (χ4n) is 3.86. The highest BCUT2D eigenvalue weighted by Crippen LogP contribution is 2.32. The van der Waals surface area contributed by atoms with E-state index in [0.717, 1.165) is 6.54 Å². The van der Waals surface area contributed by atoms with Gasteiger partial charge in [-0.2, -0.15) is 5.21 Å². The molecule has 1 atom stereocenters. The van der Waals surface area contributed by atoms with Crippen LogP contribution in [-0.4, -0.2) is 67.9 Å². The molecule has 2 aromatic rings. The lowest BCUT2D eigenvalue weighted by atomic mass is 10.0. The molecule has 148 valence electrons. The summed E-state index contributed by atoms with van der Waals surface area (Å²) >= 11 is 0. The topological polar surface area (TPSA) is 95.1 Å². The number of aromatic amines is 1. The predicted molar refractivity (Wildman–Crippen MR) is 103 cm³/mol. The fourth-order valence-corrected chi connectivity index (χ4v) is 3.86. The number of nitrogens with one attached hydrogen (secondary N) is 1. The third-order valence-corrected chi connectivity index (χ3v) is 5.68. The van der Waals surface area contributed by atoms with Gasteiger partial charge in [0.05, 0.1) is 11.6 Å². The van der Waals surface area contributed by atoms with Gasteiger partial charge in [-0.25, -0.2) is 0 Å². The molecule has 0 spiro atoms. The van der Waals surface area contributed by atoms with E-state index in [4.69, 9.17) is 0 Å². The van der Waals surface area contributed by atoms with Gasteiger partial charge in [-0.3, -0.25) is 9.59 Å². The molecule has 1 aliphatic carbocycles. The highest BCUT2D eigenvalue weighted by molar-refractivity contribution is 6.00. The van der Waals surface area contributed by atoms with Crippen molar-refractivity contribution in [2.24, 2.45) is 11.8 Å². The molecule has 2 amide bonds. The van der Waals surface area contributed by atoms with Crippen molar-refractivity contribution in [3.05, 3.63) is 29.8 Å². The van der Waals surface area contributed by atoms with Crippen molar-refractivity contribution in [2.75, 3.05) is 19.6 Å². The van der Waals surface area contributed by atoms with Crippen LogP contribution < -0.4 is 0 Å². The lowest BCUT2D eigenvalue weighted by molar-refractivity contribution is -0.133. The number of tetrazole rings is 1. The summed E-state index contributed by atoms with van der Waals surface area (Å²) in [6, 6.07) is 7.33. The summed E-state index contributed by atoms with van der Waals surface area (Å²) in [6.07, 6.45) is 2.77. The Labute approximate surface area is 164 Å². The van der Waals surface area contributed by atoms with Crippen molar-refractivity contribution in [1.82, 2.24) is 30.4 Å². The van der Waals surface area contributed by atoms with Crippen LogP contribution in [0.4, 0.5) is 0 Å². The maximum atomic E-state index is 13.4. The van der Waals surface area contributed by atoms with Crippen molar-refractivity contribution in [3.63, 3.8) is 0 Å². The van der Waals surface area contributed by atoms with Crippen molar-refractivity contribution >= 4 is 11.8 Å². The number of aromatic nitrogens is 4. The predicted octanol–water partition coefficient (Wildman–Crippen LogP) is 1.98. The van der Waals surface area contributed by atoms with Crippen LogP contribution >= 0.6 is 0 Å². The van der Waals surface area contributed by atoms with Gasteiger partial charge in [-0.1, -0.05) is 32.0 Å². The molecule has 2 fully saturated rings. The molecule has 1 aromatic carbocycles. The Morgan fingerprint density at radius 2 is 2.07 bits per heavy atom. The maximum Gasteiger partial charge on any atom is 0.254 e. The van der Waals surface area contributed by atoms with Crippen LogP contribution in [0.5, 0.6) is 0 Å². The second-order valence-corrected chi connectivity index (χ2v) is 8.08. The van der Waals surface area contributed by atoms with Crippen LogP contribution in [0.25, 0.3) is 11.4 Å². The number of hydrogen-bond acceptors (Lipinski definition) is 5. The van der Waals surface area contributed by atoms with Gasteiger partial charge in [0, 0.05) is 31.6 Å². The summed E-state index contributed by atoms with van der Waals surface area (Å²) in [5, 5.41) is 14.1. The number of nitrogens with zero attached hydrogens (tertiary/aromatic N) is 5. The average molecular weight is 382 g/mol. The van der Waals surface area contributed by atoms with E-state index in [1.54, 1.807) is 6.07 Å². The maximum absolute atomic E-state index is 13.4. The van der Waals surface area contributed by atoms with Gasteiger partial charge in [-0.15, -0.1) is 10.2 Å². The monoisotopic (exact) mass is 382 g/mol. The van der Waals surface area contributed by atoms with Crippen molar-refractivity contribution in [3.8, 4) is 11.4 Å². The molecule has 0 radical (unpaired) electrons. The van der Waals surface area contributed by atoms with Crippen LogP contribution in [-0.2, 0) is 4.79 Å². The Kier molecular flexibility index (Phi) is 5.11. The SMILES string of the molecule is CC(C)C1CN(C(=O)c2ccccc2-c2nn[nH]n2)CCC(=O)N1CC1CC1. The van der Waals surface area contributed by atoms with Gasteiger partial charge in [0.25, 0.3) is 5.91 Å². The lowest BCUT2D eigenvalue weighted by Gasteiger charge is -2.35. The molecule has 1 saturated carbocycles. The number of benzene rings is 1. The Balaban J connectivity index is 1.60. The van der Waals surface area contributed by atoms with E-state index in [2.05, 4.69) is 34.5 Å². The van der Waals surface area contributed by atoms with E-state index >= 15 is 0 Å². The zero-order valence-electron chi connectivity index (χ0n) is 16.3. The third kappa shape index (κ3) is 3.76. The van der Waals surface area contributed by atoms with Gasteiger partial charge in [0.1, 0.15) is 0 Å². The van der Waals surface area contributed by atoms with Gasteiger partial charge in [-0.05, 0) is 36.0 Å². The molecule has 1 aromatic heterocycles. The zero-order chi connectivity index (χ0) is 19.7. The normalized spacial score (nSPS) is 20.5. The first kappa shape index (κ1) is 18.6. The fraction of sp³-hybridized carbons (Fsp3) is 0.550. The number of hydrogen-bond donors (Lipinski definition) is 1. The second-order valence-electron chi connectivity index (χ2n) is 8.08. The lowest BCUT2D eigenvalue weighted by Crippen LogP contribution is -2.48. The van der Waals surface area contributed by atoms with Crippen molar-refractivity contribution < 1.29 is 9.59 Å². The number of carbonyl (C=O) groups excluding carboxylic acids is 2. The van der Waals surface area contributed by atoms with Gasteiger partial charge in [0.15, 0.2) is 0 Å². The molecule has 28 heavy (non-hydrogen) atoms. The molecule has 2 aliphatic rings. The first-order chi connectivity index (χ1) is 13.5. The zero-order valence-corrected chi connectivity index (χ0v) is 16.3. The largest absolute Gasteiger partial charge is 0.337 e. The molecular weight excluding hydrogens is 356 g/mol. The van der Waals surface area contributed by atoms with E-state index < -0.39 is 0 Å².